The van der Waals surface area contributed by atoms with Crippen LogP contribution in [-0.2, 0) is 9.59 Å². The molecule has 0 spiro atoms. The van der Waals surface area contributed by atoms with Gasteiger partial charge in [-0.05, 0) is 36.6 Å². The molecular weight excluding hydrogens is 408 g/mol. The number of hydrazine groups is 1. The number of likely N-dealkylation sites (N-methyl/N-ethyl adjacent to an activating group) is 1. The maximum Gasteiger partial charge on any atom is 0.267 e. The molecule has 4 aromatic rings. The third-order valence-corrected chi connectivity index (χ3v) is 5.97. The second-order valence-electron chi connectivity index (χ2n) is 6.14. The summed E-state index contributed by atoms with van der Waals surface area (Å²) in [6.07, 6.45) is 3.38. The summed E-state index contributed by atoms with van der Waals surface area (Å²) in [4.78, 5) is 34.3. The average Bonchev–Trinajstić information content (AvgIpc) is 3.47. The predicted octanol–water partition coefficient (Wildman–Crippen LogP) is 4.61. The molecule has 0 unspecified atom stereocenters. The molecule has 4 rings (SSSR count). The van der Waals surface area contributed by atoms with Crippen molar-refractivity contribution in [3.8, 4) is 22.0 Å². The molecule has 0 fully saturated rings. The number of fused-ring (bicyclic) bond motifs is 1. The van der Waals surface area contributed by atoms with Crippen molar-refractivity contribution < 1.29 is 14.0 Å². The summed E-state index contributed by atoms with van der Waals surface area (Å²) in [5, 5.41) is 6.16. The second-order valence-corrected chi connectivity index (χ2v) is 7.95. The number of allylic oxidation sites excluding steroid dienone is 1. The zero-order chi connectivity index (χ0) is 20.4. The van der Waals surface area contributed by atoms with Gasteiger partial charge >= 0.3 is 0 Å². The number of thiophene rings is 2. The topological polar surface area (TPSA) is 88.3 Å². The van der Waals surface area contributed by atoms with Crippen molar-refractivity contribution in [2.45, 2.75) is 6.92 Å². The second kappa shape index (κ2) is 7.98. The number of hydrogen-bond acceptors (Lipinski definition) is 8. The number of carbonyl (C=O) groups is 2. The number of rotatable bonds is 6. The summed E-state index contributed by atoms with van der Waals surface area (Å²) < 4.78 is 5.45. The largest absolute Gasteiger partial charge is 0.461 e. The number of hydrogen-bond donors (Lipinski definition) is 1. The smallest absolute Gasteiger partial charge is 0.267 e. The highest BCUT2D eigenvalue weighted by Gasteiger charge is 2.20. The van der Waals surface area contributed by atoms with Crippen molar-refractivity contribution in [3.63, 3.8) is 0 Å². The number of amides is 1. The van der Waals surface area contributed by atoms with Crippen molar-refractivity contribution >= 4 is 50.9 Å². The molecule has 4 heterocycles. The number of furan rings is 1. The molecule has 0 saturated carbocycles. The average molecular weight is 425 g/mol. The summed E-state index contributed by atoms with van der Waals surface area (Å²) in [5.74, 6) is 1.11. The molecule has 146 valence electrons. The number of anilines is 1. The van der Waals surface area contributed by atoms with Gasteiger partial charge in [-0.2, -0.15) is 0 Å². The number of nitrogens with one attached hydrogen (secondary N) is 1. The van der Waals surface area contributed by atoms with E-state index in [0.29, 0.717) is 29.3 Å². The molecule has 29 heavy (non-hydrogen) atoms. The molecule has 0 saturated heterocycles. The van der Waals surface area contributed by atoms with E-state index in [9.17, 15) is 9.59 Å². The third kappa shape index (κ3) is 3.69. The Hall–Kier alpha value is -3.30. The minimum atomic E-state index is -0.337. The van der Waals surface area contributed by atoms with Gasteiger partial charge in [-0.15, -0.1) is 22.7 Å². The fourth-order valence-corrected chi connectivity index (χ4v) is 4.56. The molecule has 0 radical (unpaired) electrons. The Labute approximate surface area is 174 Å². The molecule has 1 amide bonds. The fraction of sp³-hybridized carbons (Fsp3) is 0.100. The summed E-state index contributed by atoms with van der Waals surface area (Å²) in [6.45, 7) is 1.58. The maximum absolute atomic E-state index is 12.5. The summed E-state index contributed by atoms with van der Waals surface area (Å²) in [5.41, 5.74) is 4.37. The lowest BCUT2D eigenvalue weighted by Crippen LogP contribution is -2.33. The Balaban J connectivity index is 1.83. The first kappa shape index (κ1) is 19.0. The molecule has 7 nitrogen and oxygen atoms in total. The quantitative estimate of drug-likeness (QED) is 0.276. The highest BCUT2D eigenvalue weighted by atomic mass is 32.1. The molecule has 0 aromatic carbocycles. The van der Waals surface area contributed by atoms with Crippen molar-refractivity contribution in [1.82, 2.24) is 15.0 Å². The van der Waals surface area contributed by atoms with Crippen molar-refractivity contribution in [2.24, 2.45) is 0 Å². The lowest BCUT2D eigenvalue weighted by atomic mass is 10.2. The zero-order valence-corrected chi connectivity index (χ0v) is 17.2. The van der Waals surface area contributed by atoms with E-state index in [1.807, 2.05) is 22.9 Å². The number of nitrogens with zero attached hydrogens (tertiary/aromatic N) is 3. The molecule has 9 heteroatoms. The van der Waals surface area contributed by atoms with Crippen LogP contribution in [0.15, 0.2) is 57.4 Å². The van der Waals surface area contributed by atoms with Crippen LogP contribution in [0.1, 0.15) is 6.92 Å². The van der Waals surface area contributed by atoms with Crippen LogP contribution in [0, 0.1) is 0 Å². The standard InChI is InChI=1S/C20H16N4O3S2/c1-12(7-8-25)20(26)24(2)23-18-16-13(15-6-4-10-28-15)11-29-19(16)22-17(21-18)14-5-3-9-27-14/h3-11H,1-2H3,(H,21,22,23)/b12-7-. The van der Waals surface area contributed by atoms with E-state index in [4.69, 9.17) is 4.42 Å². The highest BCUT2D eigenvalue weighted by Crippen LogP contribution is 2.40. The van der Waals surface area contributed by atoms with E-state index in [1.165, 1.54) is 22.4 Å². The first-order valence-electron chi connectivity index (χ1n) is 8.62. The van der Waals surface area contributed by atoms with Gasteiger partial charge in [-0.25, -0.2) is 9.97 Å². The lowest BCUT2D eigenvalue weighted by Gasteiger charge is -2.20. The molecule has 0 atom stereocenters. The van der Waals surface area contributed by atoms with Crippen LogP contribution in [0.3, 0.4) is 0 Å². The Morgan fingerprint density at radius 1 is 1.24 bits per heavy atom. The molecule has 0 aliphatic rings. The van der Waals surface area contributed by atoms with E-state index in [0.717, 1.165) is 20.7 Å². The van der Waals surface area contributed by atoms with Crippen LogP contribution in [0.4, 0.5) is 5.82 Å². The van der Waals surface area contributed by atoms with Gasteiger partial charge in [0.1, 0.15) is 11.1 Å². The summed E-state index contributed by atoms with van der Waals surface area (Å²) >= 11 is 3.12. The van der Waals surface area contributed by atoms with Crippen molar-refractivity contribution in [2.75, 3.05) is 12.5 Å². The van der Waals surface area contributed by atoms with E-state index in [-0.39, 0.29) is 5.91 Å². The van der Waals surface area contributed by atoms with Gasteiger partial charge in [0.05, 0.1) is 11.6 Å². The van der Waals surface area contributed by atoms with E-state index >= 15 is 0 Å². The van der Waals surface area contributed by atoms with Gasteiger partial charge < -0.3 is 4.42 Å². The van der Waals surface area contributed by atoms with Crippen molar-refractivity contribution in [1.29, 1.82) is 0 Å². The van der Waals surface area contributed by atoms with Gasteiger partial charge in [-0.3, -0.25) is 20.0 Å². The van der Waals surface area contributed by atoms with Gasteiger partial charge in [0.25, 0.3) is 5.91 Å². The van der Waals surface area contributed by atoms with Gasteiger partial charge in [0.2, 0.25) is 0 Å². The first-order valence-corrected chi connectivity index (χ1v) is 10.4. The number of aromatic nitrogens is 2. The normalized spacial score (nSPS) is 11.6. The van der Waals surface area contributed by atoms with Crippen LogP contribution in [-0.4, -0.2) is 34.2 Å². The molecule has 0 aliphatic carbocycles. The van der Waals surface area contributed by atoms with E-state index in [1.54, 1.807) is 43.7 Å². The first-order chi connectivity index (χ1) is 14.1. The molecular formula is C20H16N4O3S2. The van der Waals surface area contributed by atoms with Gasteiger partial charge in [-0.1, -0.05) is 6.07 Å². The van der Waals surface area contributed by atoms with Gasteiger partial charge in [0.15, 0.2) is 17.4 Å². The molecule has 4 aromatic heterocycles. The van der Waals surface area contributed by atoms with Crippen LogP contribution < -0.4 is 5.43 Å². The third-order valence-electron chi connectivity index (χ3n) is 4.20. The van der Waals surface area contributed by atoms with Crippen molar-refractivity contribution in [3.05, 3.63) is 52.9 Å². The Morgan fingerprint density at radius 3 is 2.79 bits per heavy atom. The van der Waals surface area contributed by atoms with Crippen LogP contribution in [0.25, 0.3) is 32.2 Å². The number of aldehydes is 1. The minimum Gasteiger partial charge on any atom is -0.461 e. The molecule has 0 bridgehead atoms. The fourth-order valence-electron chi connectivity index (χ4n) is 2.80. The zero-order valence-electron chi connectivity index (χ0n) is 15.6. The summed E-state index contributed by atoms with van der Waals surface area (Å²) in [6, 6.07) is 7.56. The Bertz CT molecular complexity index is 1190. The van der Waals surface area contributed by atoms with Crippen LogP contribution in [0.2, 0.25) is 0 Å². The lowest BCUT2D eigenvalue weighted by molar-refractivity contribution is -0.124. The predicted molar refractivity (Wildman–Crippen MR) is 115 cm³/mol. The Kier molecular flexibility index (Phi) is 5.24. The Morgan fingerprint density at radius 2 is 2.10 bits per heavy atom. The number of carbonyl (C=O) groups excluding carboxylic acids is 2. The van der Waals surface area contributed by atoms with Gasteiger partial charge in [0, 0.05) is 28.4 Å². The highest BCUT2D eigenvalue weighted by molar-refractivity contribution is 7.18. The molecule has 0 aliphatic heterocycles. The minimum absolute atomic E-state index is 0.315. The SMILES string of the molecule is C/C(=C/C=O)C(=O)N(C)Nc1nc(-c2ccco2)nc2scc(-c3cccs3)c12. The van der Waals surface area contributed by atoms with E-state index in [2.05, 4.69) is 15.4 Å². The monoisotopic (exact) mass is 424 g/mol. The van der Waals surface area contributed by atoms with Crippen LogP contribution >= 0.6 is 22.7 Å². The van der Waals surface area contributed by atoms with E-state index < -0.39 is 0 Å². The van der Waals surface area contributed by atoms with Crippen LogP contribution in [0.5, 0.6) is 0 Å². The maximum atomic E-state index is 12.5. The summed E-state index contributed by atoms with van der Waals surface area (Å²) in [7, 11) is 1.59. The molecule has 1 N–H and O–H groups in total.